The number of aromatic nitrogens is 2. The largest absolute Gasteiger partial charge is 0.481 e. The zero-order valence-corrected chi connectivity index (χ0v) is 11.3. The molecule has 8 heteroatoms. The van der Waals surface area contributed by atoms with Crippen molar-refractivity contribution in [1.82, 2.24) is 15.1 Å². The number of nitrogens with one attached hydrogen (secondary N) is 1. The van der Waals surface area contributed by atoms with Crippen molar-refractivity contribution in [2.24, 2.45) is 0 Å². The van der Waals surface area contributed by atoms with Crippen LogP contribution in [0.1, 0.15) is 36.5 Å². The summed E-state index contributed by atoms with van der Waals surface area (Å²) in [4.78, 5) is 33.5. The Hall–Kier alpha value is -2.38. The van der Waals surface area contributed by atoms with E-state index < -0.39 is 30.3 Å². The predicted octanol–water partition coefficient (Wildman–Crippen LogP) is 0.123. The summed E-state index contributed by atoms with van der Waals surface area (Å²) in [6.45, 7) is 4.14. The van der Waals surface area contributed by atoms with Crippen LogP contribution in [-0.2, 0) is 22.6 Å². The fourth-order valence-corrected chi connectivity index (χ4v) is 1.67. The number of rotatable bonds is 7. The van der Waals surface area contributed by atoms with Crippen LogP contribution in [0, 0.1) is 0 Å². The zero-order chi connectivity index (χ0) is 15.3. The third kappa shape index (κ3) is 3.81. The molecule has 0 aliphatic rings. The van der Waals surface area contributed by atoms with E-state index in [4.69, 9.17) is 10.2 Å². The van der Waals surface area contributed by atoms with Gasteiger partial charge in [-0.05, 0) is 19.4 Å². The number of hydrogen-bond acceptors (Lipinski definition) is 4. The van der Waals surface area contributed by atoms with Gasteiger partial charge in [-0.25, -0.2) is 4.79 Å². The van der Waals surface area contributed by atoms with Crippen molar-refractivity contribution < 1.29 is 24.6 Å². The molecule has 0 aliphatic carbocycles. The molecule has 110 valence electrons. The van der Waals surface area contributed by atoms with Crippen LogP contribution < -0.4 is 5.32 Å². The average molecular weight is 283 g/mol. The Bertz CT molecular complexity index is 523. The van der Waals surface area contributed by atoms with E-state index in [0.717, 1.165) is 0 Å². The Morgan fingerprint density at radius 2 is 2.00 bits per heavy atom. The smallest absolute Gasteiger partial charge is 0.326 e. The summed E-state index contributed by atoms with van der Waals surface area (Å²) in [7, 11) is 0. The highest BCUT2D eigenvalue weighted by atomic mass is 16.4. The van der Waals surface area contributed by atoms with Gasteiger partial charge >= 0.3 is 11.9 Å². The van der Waals surface area contributed by atoms with E-state index in [-0.39, 0.29) is 5.69 Å². The first-order valence-electron chi connectivity index (χ1n) is 6.21. The van der Waals surface area contributed by atoms with E-state index in [0.29, 0.717) is 18.7 Å². The molecule has 0 radical (unpaired) electrons. The van der Waals surface area contributed by atoms with Gasteiger partial charge in [0.1, 0.15) is 11.7 Å². The highest BCUT2D eigenvalue weighted by Crippen LogP contribution is 2.06. The van der Waals surface area contributed by atoms with Gasteiger partial charge in [0.05, 0.1) is 12.1 Å². The van der Waals surface area contributed by atoms with Gasteiger partial charge in [0, 0.05) is 6.54 Å². The monoisotopic (exact) mass is 283 g/mol. The molecule has 20 heavy (non-hydrogen) atoms. The lowest BCUT2D eigenvalue weighted by molar-refractivity contribution is -0.145. The molecule has 0 unspecified atom stereocenters. The molecular weight excluding hydrogens is 266 g/mol. The van der Waals surface area contributed by atoms with E-state index in [2.05, 4.69) is 10.4 Å². The second kappa shape index (κ2) is 6.69. The maximum atomic E-state index is 12.0. The highest BCUT2D eigenvalue weighted by molar-refractivity contribution is 5.96. The van der Waals surface area contributed by atoms with Crippen molar-refractivity contribution in [3.63, 3.8) is 0 Å². The molecule has 1 heterocycles. The molecular formula is C12H17N3O5. The van der Waals surface area contributed by atoms with Gasteiger partial charge in [-0.15, -0.1) is 0 Å². The van der Waals surface area contributed by atoms with Crippen LogP contribution in [0.15, 0.2) is 6.07 Å². The Morgan fingerprint density at radius 3 is 2.45 bits per heavy atom. The highest BCUT2D eigenvalue weighted by Gasteiger charge is 2.25. The zero-order valence-electron chi connectivity index (χ0n) is 11.3. The average Bonchev–Trinajstić information content (AvgIpc) is 2.80. The quantitative estimate of drug-likeness (QED) is 0.653. The molecule has 1 atom stereocenters. The van der Waals surface area contributed by atoms with Crippen LogP contribution in [0.4, 0.5) is 0 Å². The van der Waals surface area contributed by atoms with E-state index in [9.17, 15) is 14.4 Å². The van der Waals surface area contributed by atoms with E-state index in [1.165, 1.54) is 4.68 Å². The molecule has 1 aromatic heterocycles. The molecule has 1 rings (SSSR count). The van der Waals surface area contributed by atoms with Gasteiger partial charge < -0.3 is 15.5 Å². The lowest BCUT2D eigenvalue weighted by Crippen LogP contribution is -2.42. The molecule has 0 aromatic carbocycles. The lowest BCUT2D eigenvalue weighted by Gasteiger charge is -2.12. The van der Waals surface area contributed by atoms with E-state index >= 15 is 0 Å². The molecule has 0 aliphatic heterocycles. The number of aryl methyl sites for hydroxylation is 2. The summed E-state index contributed by atoms with van der Waals surface area (Å²) in [5.41, 5.74) is 0.933. The third-order valence-corrected chi connectivity index (χ3v) is 2.71. The van der Waals surface area contributed by atoms with Crippen molar-refractivity contribution in [2.45, 2.75) is 39.3 Å². The Labute approximate surface area is 115 Å². The Morgan fingerprint density at radius 1 is 1.35 bits per heavy atom. The van der Waals surface area contributed by atoms with E-state index in [1.807, 2.05) is 6.92 Å². The van der Waals surface area contributed by atoms with Crippen LogP contribution in [0.25, 0.3) is 0 Å². The van der Waals surface area contributed by atoms with Crippen molar-refractivity contribution in [2.75, 3.05) is 0 Å². The standard InChI is InChI=1S/C12H17N3O5/c1-3-7-5-9(15(4-2)14-7)11(18)13-8(12(19)20)6-10(16)17/h5,8H,3-4,6H2,1-2H3,(H,13,18)(H,16,17)(H,19,20)/t8-/m1/s1. The van der Waals surface area contributed by atoms with Crippen LogP contribution in [0.2, 0.25) is 0 Å². The molecule has 0 bridgehead atoms. The minimum absolute atomic E-state index is 0.223. The Kier molecular flexibility index (Phi) is 5.24. The number of hydrogen-bond donors (Lipinski definition) is 3. The first kappa shape index (κ1) is 15.7. The summed E-state index contributed by atoms with van der Waals surface area (Å²) < 4.78 is 1.45. The molecule has 0 saturated carbocycles. The first-order chi connectivity index (χ1) is 9.38. The van der Waals surface area contributed by atoms with Gasteiger partial charge in [0.15, 0.2) is 0 Å². The van der Waals surface area contributed by atoms with Crippen molar-refractivity contribution in [3.8, 4) is 0 Å². The molecule has 0 saturated heterocycles. The fraction of sp³-hybridized carbons (Fsp3) is 0.500. The number of carboxylic acids is 2. The number of nitrogens with zero attached hydrogens (tertiary/aromatic N) is 2. The second-order valence-electron chi connectivity index (χ2n) is 4.15. The van der Waals surface area contributed by atoms with Crippen LogP contribution >= 0.6 is 0 Å². The number of amides is 1. The van der Waals surface area contributed by atoms with Crippen LogP contribution in [-0.4, -0.2) is 43.9 Å². The topological polar surface area (TPSA) is 122 Å². The second-order valence-corrected chi connectivity index (χ2v) is 4.15. The molecule has 1 aromatic rings. The minimum atomic E-state index is -1.47. The number of carbonyl (C=O) groups excluding carboxylic acids is 1. The maximum Gasteiger partial charge on any atom is 0.326 e. The minimum Gasteiger partial charge on any atom is -0.481 e. The molecule has 3 N–H and O–H groups in total. The third-order valence-electron chi connectivity index (χ3n) is 2.71. The van der Waals surface area contributed by atoms with Gasteiger partial charge in [0.25, 0.3) is 5.91 Å². The number of carboxylic acid groups (broad SMARTS) is 2. The van der Waals surface area contributed by atoms with Gasteiger partial charge in [-0.1, -0.05) is 6.92 Å². The lowest BCUT2D eigenvalue weighted by atomic mass is 10.2. The maximum absolute atomic E-state index is 12.0. The molecule has 1 amide bonds. The van der Waals surface area contributed by atoms with Crippen molar-refractivity contribution >= 4 is 17.8 Å². The fourth-order valence-electron chi connectivity index (χ4n) is 1.67. The number of carbonyl (C=O) groups is 3. The summed E-state index contributed by atoms with van der Waals surface area (Å²) in [6.07, 6.45) is -0.0350. The SMILES string of the molecule is CCc1cc(C(=O)N[C@H](CC(=O)O)C(=O)O)n(CC)n1. The normalized spacial score (nSPS) is 11.9. The van der Waals surface area contributed by atoms with E-state index in [1.54, 1.807) is 13.0 Å². The van der Waals surface area contributed by atoms with Crippen molar-refractivity contribution in [3.05, 3.63) is 17.5 Å². The van der Waals surface area contributed by atoms with Gasteiger partial charge in [-0.3, -0.25) is 14.3 Å². The molecule has 0 spiro atoms. The van der Waals surface area contributed by atoms with Crippen LogP contribution in [0.5, 0.6) is 0 Å². The summed E-state index contributed by atoms with van der Waals surface area (Å²) in [6, 6.07) is 0.101. The van der Waals surface area contributed by atoms with Crippen molar-refractivity contribution in [1.29, 1.82) is 0 Å². The molecule has 8 nitrogen and oxygen atoms in total. The first-order valence-corrected chi connectivity index (χ1v) is 6.21. The summed E-state index contributed by atoms with van der Waals surface area (Å²) >= 11 is 0. The van der Waals surface area contributed by atoms with Gasteiger partial charge in [0.2, 0.25) is 0 Å². The predicted molar refractivity (Wildman–Crippen MR) is 68.4 cm³/mol. The van der Waals surface area contributed by atoms with Gasteiger partial charge in [-0.2, -0.15) is 5.10 Å². The Balaban J connectivity index is 2.90. The summed E-state index contributed by atoms with van der Waals surface area (Å²) in [5.74, 6) is -3.33. The van der Waals surface area contributed by atoms with Crippen LogP contribution in [0.3, 0.4) is 0 Å². The summed E-state index contributed by atoms with van der Waals surface area (Å²) in [5, 5.41) is 23.9. The number of aliphatic carboxylic acids is 2. The molecule has 0 fully saturated rings.